The van der Waals surface area contributed by atoms with Crippen molar-refractivity contribution in [3.63, 3.8) is 0 Å². The number of aldehydes is 1. The number of rotatable bonds is 4. The first-order valence-electron chi connectivity index (χ1n) is 5.21. The van der Waals surface area contributed by atoms with Crippen molar-refractivity contribution in [3.05, 3.63) is 47.6 Å². The van der Waals surface area contributed by atoms with Crippen molar-refractivity contribution in [2.24, 2.45) is 0 Å². The fourth-order valence-electron chi connectivity index (χ4n) is 1.27. The average molecular weight is 215 g/mol. The number of anilines is 1. The van der Waals surface area contributed by atoms with Crippen LogP contribution in [0.3, 0.4) is 0 Å². The molecule has 1 aromatic carbocycles. The van der Waals surface area contributed by atoms with Crippen LogP contribution in [0.1, 0.15) is 12.5 Å². The number of hydrogen-bond donors (Lipinski definition) is 0. The molecule has 0 amide bonds. The van der Waals surface area contributed by atoms with Crippen LogP contribution in [-0.2, 0) is 4.79 Å². The van der Waals surface area contributed by atoms with Gasteiger partial charge >= 0.3 is 0 Å². The number of allylic oxidation sites excluding steroid dienone is 3. The predicted octanol–water partition coefficient (Wildman–Crippen LogP) is 2.91. The van der Waals surface area contributed by atoms with Crippen molar-refractivity contribution in [2.75, 3.05) is 19.0 Å². The van der Waals surface area contributed by atoms with Gasteiger partial charge in [0, 0.05) is 19.8 Å². The van der Waals surface area contributed by atoms with Crippen molar-refractivity contribution in [2.45, 2.75) is 6.92 Å². The molecule has 1 aromatic rings. The molecule has 0 heterocycles. The molecule has 16 heavy (non-hydrogen) atoms. The van der Waals surface area contributed by atoms with Gasteiger partial charge in [-0.3, -0.25) is 4.79 Å². The van der Waals surface area contributed by atoms with Gasteiger partial charge in [0.1, 0.15) is 6.29 Å². The fourth-order valence-corrected chi connectivity index (χ4v) is 1.27. The number of nitrogens with zero attached hydrogens (tertiary/aromatic N) is 1. The highest BCUT2D eigenvalue weighted by molar-refractivity contribution is 5.68. The molecule has 0 N–H and O–H groups in total. The summed E-state index contributed by atoms with van der Waals surface area (Å²) in [6, 6.07) is 8.25. The van der Waals surface area contributed by atoms with Crippen molar-refractivity contribution in [1.29, 1.82) is 0 Å². The molecule has 0 saturated heterocycles. The molecule has 0 bridgehead atoms. The summed E-state index contributed by atoms with van der Waals surface area (Å²) in [4.78, 5) is 12.3. The van der Waals surface area contributed by atoms with Crippen LogP contribution in [0.25, 0.3) is 6.08 Å². The molecule has 2 heteroatoms. The van der Waals surface area contributed by atoms with E-state index in [-0.39, 0.29) is 0 Å². The molecular weight excluding hydrogens is 198 g/mol. The van der Waals surface area contributed by atoms with Crippen LogP contribution >= 0.6 is 0 Å². The van der Waals surface area contributed by atoms with Gasteiger partial charge in [-0.2, -0.15) is 0 Å². The maximum absolute atomic E-state index is 10.2. The zero-order valence-electron chi connectivity index (χ0n) is 9.97. The zero-order chi connectivity index (χ0) is 12.0. The summed E-state index contributed by atoms with van der Waals surface area (Å²) in [5.41, 5.74) is 3.26. The normalized spacial score (nSPS) is 11.8. The first-order chi connectivity index (χ1) is 7.63. The largest absolute Gasteiger partial charge is 0.378 e. The molecule has 2 nitrogen and oxygen atoms in total. The van der Waals surface area contributed by atoms with E-state index in [1.54, 1.807) is 6.08 Å². The lowest BCUT2D eigenvalue weighted by atomic mass is 10.1. The van der Waals surface area contributed by atoms with Gasteiger partial charge in [0.05, 0.1) is 0 Å². The minimum atomic E-state index is 0.800. The van der Waals surface area contributed by atoms with Gasteiger partial charge in [-0.15, -0.1) is 0 Å². The SMILES string of the molecule is CC(/C=C/c1ccc(N(C)C)cc1)=C\C=O. The van der Waals surface area contributed by atoms with Gasteiger partial charge in [-0.1, -0.05) is 24.3 Å². The molecule has 0 fully saturated rings. The van der Waals surface area contributed by atoms with Crippen molar-refractivity contribution >= 4 is 18.0 Å². The third-order valence-electron chi connectivity index (χ3n) is 2.28. The van der Waals surface area contributed by atoms with Crippen LogP contribution in [0.2, 0.25) is 0 Å². The smallest absolute Gasteiger partial charge is 0.143 e. The molecule has 0 radical (unpaired) electrons. The van der Waals surface area contributed by atoms with Gasteiger partial charge < -0.3 is 4.90 Å². The van der Waals surface area contributed by atoms with Gasteiger partial charge in [0.2, 0.25) is 0 Å². The first kappa shape index (κ1) is 12.2. The third-order valence-corrected chi connectivity index (χ3v) is 2.28. The second-order valence-electron chi connectivity index (χ2n) is 3.87. The van der Waals surface area contributed by atoms with Gasteiger partial charge in [0.25, 0.3) is 0 Å². The molecule has 0 aromatic heterocycles. The Morgan fingerprint density at radius 1 is 1.19 bits per heavy atom. The van der Waals surface area contributed by atoms with Crippen LogP contribution in [0, 0.1) is 0 Å². The zero-order valence-corrected chi connectivity index (χ0v) is 9.97. The van der Waals surface area contributed by atoms with Crippen molar-refractivity contribution in [1.82, 2.24) is 0 Å². The summed E-state index contributed by atoms with van der Waals surface area (Å²) >= 11 is 0. The summed E-state index contributed by atoms with van der Waals surface area (Å²) in [5, 5.41) is 0. The highest BCUT2D eigenvalue weighted by Gasteiger charge is 1.93. The van der Waals surface area contributed by atoms with Crippen LogP contribution in [0.4, 0.5) is 5.69 Å². The second kappa shape index (κ2) is 5.91. The minimum Gasteiger partial charge on any atom is -0.378 e. The molecule has 0 atom stereocenters. The summed E-state index contributed by atoms with van der Waals surface area (Å²) in [6.07, 6.45) is 6.27. The van der Waals surface area contributed by atoms with E-state index in [2.05, 4.69) is 29.2 Å². The Bertz CT molecular complexity index is 399. The van der Waals surface area contributed by atoms with E-state index in [9.17, 15) is 4.79 Å². The van der Waals surface area contributed by atoms with Gasteiger partial charge in [-0.05, 0) is 36.3 Å². The van der Waals surface area contributed by atoms with E-state index in [0.29, 0.717) is 0 Å². The van der Waals surface area contributed by atoms with E-state index >= 15 is 0 Å². The Morgan fingerprint density at radius 2 is 1.81 bits per heavy atom. The lowest BCUT2D eigenvalue weighted by molar-refractivity contribution is -0.104. The van der Waals surface area contributed by atoms with Gasteiger partial charge in [0.15, 0.2) is 0 Å². The highest BCUT2D eigenvalue weighted by atomic mass is 16.1. The molecule has 0 unspecified atom stereocenters. The Morgan fingerprint density at radius 3 is 2.31 bits per heavy atom. The summed E-state index contributed by atoms with van der Waals surface area (Å²) < 4.78 is 0. The molecule has 0 spiro atoms. The number of benzene rings is 1. The lowest BCUT2D eigenvalue weighted by Crippen LogP contribution is -2.07. The first-order valence-corrected chi connectivity index (χ1v) is 5.21. The summed E-state index contributed by atoms with van der Waals surface area (Å²) in [6.45, 7) is 1.90. The molecule has 0 saturated carbocycles. The maximum atomic E-state index is 10.2. The predicted molar refractivity (Wildman–Crippen MR) is 69.6 cm³/mol. The molecule has 0 aliphatic carbocycles. The second-order valence-corrected chi connectivity index (χ2v) is 3.87. The van der Waals surface area contributed by atoms with Crippen LogP contribution < -0.4 is 4.90 Å². The number of carbonyl (C=O) groups is 1. The Hall–Kier alpha value is -1.83. The summed E-state index contributed by atoms with van der Waals surface area (Å²) in [5.74, 6) is 0. The minimum absolute atomic E-state index is 0.800. The summed E-state index contributed by atoms with van der Waals surface area (Å²) in [7, 11) is 4.03. The monoisotopic (exact) mass is 215 g/mol. The molecule has 0 aliphatic heterocycles. The van der Waals surface area contributed by atoms with Crippen molar-refractivity contribution in [3.8, 4) is 0 Å². The Kier molecular flexibility index (Phi) is 4.52. The molecule has 0 aliphatic rings. The quantitative estimate of drug-likeness (QED) is 0.437. The van der Waals surface area contributed by atoms with E-state index in [1.807, 2.05) is 33.2 Å². The Labute approximate surface area is 96.9 Å². The lowest BCUT2D eigenvalue weighted by Gasteiger charge is -2.11. The fraction of sp³-hybridized carbons (Fsp3) is 0.214. The standard InChI is InChI=1S/C14H17NO/c1-12(10-11-16)4-5-13-6-8-14(9-7-13)15(2)3/h4-11H,1-3H3/b5-4+,12-10+. The maximum Gasteiger partial charge on any atom is 0.143 e. The number of hydrogen-bond acceptors (Lipinski definition) is 2. The average Bonchev–Trinajstić information content (AvgIpc) is 2.27. The Balaban J connectivity index is 2.76. The van der Waals surface area contributed by atoms with E-state index in [4.69, 9.17) is 0 Å². The van der Waals surface area contributed by atoms with Gasteiger partial charge in [-0.25, -0.2) is 0 Å². The molecule has 1 rings (SSSR count). The third kappa shape index (κ3) is 3.73. The highest BCUT2D eigenvalue weighted by Crippen LogP contribution is 2.13. The van der Waals surface area contributed by atoms with Crippen LogP contribution in [0.15, 0.2) is 42.0 Å². The van der Waals surface area contributed by atoms with E-state index in [0.717, 1.165) is 17.4 Å². The van der Waals surface area contributed by atoms with E-state index in [1.165, 1.54) is 5.69 Å². The molecule has 84 valence electrons. The number of carbonyl (C=O) groups excluding carboxylic acids is 1. The van der Waals surface area contributed by atoms with Crippen molar-refractivity contribution < 1.29 is 4.79 Å². The topological polar surface area (TPSA) is 20.3 Å². The molecular formula is C14H17NO. The van der Waals surface area contributed by atoms with Crippen LogP contribution in [0.5, 0.6) is 0 Å². The van der Waals surface area contributed by atoms with E-state index < -0.39 is 0 Å². The van der Waals surface area contributed by atoms with Crippen LogP contribution in [-0.4, -0.2) is 20.4 Å².